The SMILES string of the molecule is C=Cc1ccc(COc2ccc3c(=O)c(Oc4ccc(OC)cc4)coc3c2)cc1. The Kier molecular flexibility index (Phi) is 5.52. The number of fused-ring (bicyclic) bond motifs is 1. The molecule has 5 heteroatoms. The third-order valence-corrected chi connectivity index (χ3v) is 4.62. The van der Waals surface area contributed by atoms with E-state index in [1.807, 2.05) is 24.3 Å². The van der Waals surface area contributed by atoms with Crippen LogP contribution in [0.5, 0.6) is 23.0 Å². The van der Waals surface area contributed by atoms with Crippen molar-refractivity contribution >= 4 is 17.0 Å². The van der Waals surface area contributed by atoms with Crippen molar-refractivity contribution in [1.82, 2.24) is 0 Å². The van der Waals surface area contributed by atoms with E-state index in [1.165, 1.54) is 6.26 Å². The van der Waals surface area contributed by atoms with Crippen molar-refractivity contribution in [3.8, 4) is 23.0 Å². The van der Waals surface area contributed by atoms with Gasteiger partial charge in [0.2, 0.25) is 11.2 Å². The van der Waals surface area contributed by atoms with Crippen molar-refractivity contribution in [2.75, 3.05) is 7.11 Å². The summed E-state index contributed by atoms with van der Waals surface area (Å²) in [6.45, 7) is 4.15. The second kappa shape index (κ2) is 8.57. The molecular formula is C25H20O5. The zero-order valence-corrected chi connectivity index (χ0v) is 16.5. The minimum Gasteiger partial charge on any atom is -0.497 e. The molecule has 0 unspecified atom stereocenters. The number of hydrogen-bond acceptors (Lipinski definition) is 5. The Labute approximate surface area is 173 Å². The van der Waals surface area contributed by atoms with Crippen molar-refractivity contribution < 1.29 is 18.6 Å². The molecule has 0 spiro atoms. The molecule has 4 aromatic rings. The summed E-state index contributed by atoms with van der Waals surface area (Å²) < 4.78 is 22.2. The minimum atomic E-state index is -0.251. The fourth-order valence-corrected chi connectivity index (χ4v) is 2.94. The number of rotatable bonds is 7. The topological polar surface area (TPSA) is 57.9 Å². The number of methoxy groups -OCH3 is 1. The van der Waals surface area contributed by atoms with Crippen LogP contribution in [-0.4, -0.2) is 7.11 Å². The lowest BCUT2D eigenvalue weighted by Gasteiger charge is -2.09. The Hall–Kier alpha value is -3.99. The van der Waals surface area contributed by atoms with E-state index >= 15 is 0 Å². The summed E-state index contributed by atoms with van der Waals surface area (Å²) in [6.07, 6.45) is 3.11. The monoisotopic (exact) mass is 400 g/mol. The van der Waals surface area contributed by atoms with Gasteiger partial charge in [-0.3, -0.25) is 4.79 Å². The fraction of sp³-hybridized carbons (Fsp3) is 0.0800. The molecule has 0 aliphatic carbocycles. The lowest BCUT2D eigenvalue weighted by atomic mass is 10.1. The molecule has 4 rings (SSSR count). The van der Waals surface area contributed by atoms with Gasteiger partial charge in [-0.2, -0.15) is 0 Å². The van der Waals surface area contributed by atoms with Crippen molar-refractivity contribution in [2.24, 2.45) is 0 Å². The van der Waals surface area contributed by atoms with E-state index in [0.717, 1.165) is 11.1 Å². The summed E-state index contributed by atoms with van der Waals surface area (Å²) in [5, 5.41) is 0.420. The highest BCUT2D eigenvalue weighted by molar-refractivity contribution is 5.79. The summed E-state index contributed by atoms with van der Waals surface area (Å²) in [5.41, 5.74) is 2.27. The van der Waals surface area contributed by atoms with Gasteiger partial charge in [0.05, 0.1) is 12.5 Å². The molecule has 1 heterocycles. The van der Waals surface area contributed by atoms with Crippen LogP contribution < -0.4 is 19.6 Å². The molecule has 0 atom stereocenters. The zero-order valence-electron chi connectivity index (χ0n) is 16.5. The van der Waals surface area contributed by atoms with E-state index in [9.17, 15) is 4.79 Å². The molecule has 0 aliphatic heterocycles. The van der Waals surface area contributed by atoms with Crippen LogP contribution in [0.2, 0.25) is 0 Å². The van der Waals surface area contributed by atoms with Gasteiger partial charge in [-0.25, -0.2) is 0 Å². The molecule has 0 saturated carbocycles. The first-order valence-electron chi connectivity index (χ1n) is 9.38. The van der Waals surface area contributed by atoms with Crippen LogP contribution in [0.3, 0.4) is 0 Å². The van der Waals surface area contributed by atoms with Gasteiger partial charge < -0.3 is 18.6 Å². The molecule has 1 aromatic heterocycles. The standard InChI is InChI=1S/C25H20O5/c1-3-17-4-6-18(7-5-17)15-28-21-12-13-22-23(14-21)29-16-24(25(22)26)30-20-10-8-19(27-2)9-11-20/h3-14,16H,1,15H2,2H3. The largest absolute Gasteiger partial charge is 0.497 e. The van der Waals surface area contributed by atoms with Crippen molar-refractivity contribution in [1.29, 1.82) is 0 Å². The van der Waals surface area contributed by atoms with Crippen LogP contribution in [0.25, 0.3) is 17.0 Å². The molecule has 3 aromatic carbocycles. The maximum atomic E-state index is 12.7. The third kappa shape index (κ3) is 4.20. The van der Waals surface area contributed by atoms with Crippen molar-refractivity contribution in [2.45, 2.75) is 6.61 Å². The van der Waals surface area contributed by atoms with Crippen LogP contribution in [0.15, 0.2) is 88.8 Å². The Morgan fingerprint density at radius 2 is 1.63 bits per heavy atom. The average molecular weight is 400 g/mol. The maximum absolute atomic E-state index is 12.7. The highest BCUT2D eigenvalue weighted by atomic mass is 16.5. The van der Waals surface area contributed by atoms with Crippen molar-refractivity contribution in [3.63, 3.8) is 0 Å². The van der Waals surface area contributed by atoms with Crippen LogP contribution >= 0.6 is 0 Å². The number of ether oxygens (including phenoxy) is 3. The van der Waals surface area contributed by atoms with Gasteiger partial charge in [-0.05, 0) is 47.5 Å². The number of hydrogen-bond donors (Lipinski definition) is 0. The molecule has 0 saturated heterocycles. The first-order valence-corrected chi connectivity index (χ1v) is 9.38. The molecule has 0 aliphatic rings. The van der Waals surface area contributed by atoms with Gasteiger partial charge >= 0.3 is 0 Å². The van der Waals surface area contributed by atoms with Crippen LogP contribution in [0.4, 0.5) is 0 Å². The summed E-state index contributed by atoms with van der Waals surface area (Å²) in [6, 6.07) is 20.0. The van der Waals surface area contributed by atoms with Gasteiger partial charge in [0.15, 0.2) is 0 Å². The van der Waals surface area contributed by atoms with E-state index < -0.39 is 0 Å². The Morgan fingerprint density at radius 1 is 0.933 bits per heavy atom. The van der Waals surface area contributed by atoms with Crippen molar-refractivity contribution in [3.05, 3.63) is 101 Å². The predicted molar refractivity (Wildman–Crippen MR) is 116 cm³/mol. The first kappa shape index (κ1) is 19.3. The second-order valence-electron chi connectivity index (χ2n) is 6.60. The highest BCUT2D eigenvalue weighted by Gasteiger charge is 2.10. The summed E-state index contributed by atoms with van der Waals surface area (Å²) >= 11 is 0. The lowest BCUT2D eigenvalue weighted by Crippen LogP contribution is -2.05. The van der Waals surface area contributed by atoms with E-state index in [1.54, 1.807) is 55.7 Å². The van der Waals surface area contributed by atoms with E-state index in [2.05, 4.69) is 6.58 Å². The van der Waals surface area contributed by atoms with Gasteiger partial charge in [-0.1, -0.05) is 36.9 Å². The van der Waals surface area contributed by atoms with Crippen LogP contribution in [0.1, 0.15) is 11.1 Å². The quantitative estimate of drug-likeness (QED) is 0.391. The molecule has 150 valence electrons. The second-order valence-corrected chi connectivity index (χ2v) is 6.60. The van der Waals surface area contributed by atoms with Gasteiger partial charge in [-0.15, -0.1) is 0 Å². The van der Waals surface area contributed by atoms with Gasteiger partial charge in [0.1, 0.15) is 35.7 Å². The van der Waals surface area contributed by atoms with E-state index in [4.69, 9.17) is 18.6 Å². The van der Waals surface area contributed by atoms with Gasteiger partial charge in [0, 0.05) is 6.07 Å². The van der Waals surface area contributed by atoms with Crippen LogP contribution in [0, 0.1) is 0 Å². The highest BCUT2D eigenvalue weighted by Crippen LogP contribution is 2.25. The smallest absolute Gasteiger partial charge is 0.235 e. The van der Waals surface area contributed by atoms with E-state index in [0.29, 0.717) is 34.8 Å². The Morgan fingerprint density at radius 3 is 2.33 bits per heavy atom. The normalized spacial score (nSPS) is 10.6. The Bertz CT molecular complexity index is 1220. The first-order chi connectivity index (χ1) is 14.7. The Balaban J connectivity index is 1.51. The number of benzene rings is 3. The molecule has 0 radical (unpaired) electrons. The zero-order chi connectivity index (χ0) is 20.9. The predicted octanol–water partition coefficient (Wildman–Crippen LogP) is 5.82. The van der Waals surface area contributed by atoms with Crippen LogP contribution in [-0.2, 0) is 6.61 Å². The molecule has 5 nitrogen and oxygen atoms in total. The van der Waals surface area contributed by atoms with Gasteiger partial charge in [0.25, 0.3) is 0 Å². The molecule has 30 heavy (non-hydrogen) atoms. The molecular weight excluding hydrogens is 380 g/mol. The third-order valence-electron chi connectivity index (χ3n) is 4.62. The average Bonchev–Trinajstić information content (AvgIpc) is 2.80. The summed E-state index contributed by atoms with van der Waals surface area (Å²) in [4.78, 5) is 12.7. The minimum absolute atomic E-state index is 0.114. The summed E-state index contributed by atoms with van der Waals surface area (Å²) in [7, 11) is 1.59. The molecule has 0 bridgehead atoms. The summed E-state index contributed by atoms with van der Waals surface area (Å²) in [5.74, 6) is 1.95. The molecule has 0 amide bonds. The molecule has 0 fully saturated rings. The fourth-order valence-electron chi connectivity index (χ4n) is 2.94. The van der Waals surface area contributed by atoms with E-state index in [-0.39, 0.29) is 11.2 Å². The maximum Gasteiger partial charge on any atom is 0.235 e. The lowest BCUT2D eigenvalue weighted by molar-refractivity contribution is 0.306. The molecule has 0 N–H and O–H groups in total.